The number of benzene rings is 1. The van der Waals surface area contributed by atoms with Crippen molar-refractivity contribution >= 4 is 31.5 Å². The van der Waals surface area contributed by atoms with Crippen molar-refractivity contribution < 1.29 is 17.9 Å². The first kappa shape index (κ1) is 12.6. The molecule has 8 heteroatoms. The Labute approximate surface area is 96.8 Å². The first-order valence-corrected chi connectivity index (χ1v) is 6.34. The molecule has 0 fully saturated rings. The SMILES string of the molecule is COc1ccc(S(=O)(=O)Cl)cc1NC(N)=O. The van der Waals surface area contributed by atoms with Crippen LogP contribution in [0.25, 0.3) is 0 Å². The molecule has 0 bridgehead atoms. The molecule has 6 nitrogen and oxygen atoms in total. The summed E-state index contributed by atoms with van der Waals surface area (Å²) in [6.45, 7) is 0. The first-order chi connectivity index (χ1) is 7.34. The lowest BCUT2D eigenvalue weighted by Gasteiger charge is -2.09. The van der Waals surface area contributed by atoms with Gasteiger partial charge >= 0.3 is 6.03 Å². The zero-order chi connectivity index (χ0) is 12.3. The monoisotopic (exact) mass is 264 g/mol. The number of anilines is 1. The summed E-state index contributed by atoms with van der Waals surface area (Å²) in [4.78, 5) is 10.5. The number of hydrogen-bond donors (Lipinski definition) is 2. The highest BCUT2D eigenvalue weighted by atomic mass is 35.7. The Morgan fingerprint density at radius 1 is 1.50 bits per heavy atom. The predicted octanol–water partition coefficient (Wildman–Crippen LogP) is 1.11. The van der Waals surface area contributed by atoms with E-state index in [4.69, 9.17) is 21.2 Å². The van der Waals surface area contributed by atoms with Gasteiger partial charge in [-0.3, -0.25) is 0 Å². The molecule has 0 aliphatic rings. The second kappa shape index (κ2) is 4.58. The van der Waals surface area contributed by atoms with E-state index in [1.165, 1.54) is 19.2 Å². The van der Waals surface area contributed by atoms with Crippen LogP contribution in [0.5, 0.6) is 5.75 Å². The average Bonchev–Trinajstić information content (AvgIpc) is 2.15. The lowest BCUT2D eigenvalue weighted by molar-refractivity contribution is 0.259. The van der Waals surface area contributed by atoms with Gasteiger partial charge in [0.15, 0.2) is 0 Å². The fourth-order valence-corrected chi connectivity index (χ4v) is 1.85. The van der Waals surface area contributed by atoms with Gasteiger partial charge in [0, 0.05) is 10.7 Å². The third-order valence-electron chi connectivity index (χ3n) is 1.71. The molecule has 0 heterocycles. The van der Waals surface area contributed by atoms with Crippen LogP contribution in [0, 0.1) is 0 Å². The number of amides is 2. The third kappa shape index (κ3) is 3.01. The van der Waals surface area contributed by atoms with Crippen LogP contribution in [0.3, 0.4) is 0 Å². The molecule has 0 spiro atoms. The number of ether oxygens (including phenoxy) is 1. The summed E-state index contributed by atoms with van der Waals surface area (Å²) in [5.74, 6) is 0.280. The van der Waals surface area contributed by atoms with E-state index in [1.807, 2.05) is 0 Å². The van der Waals surface area contributed by atoms with Gasteiger partial charge in [-0.2, -0.15) is 0 Å². The molecule has 3 N–H and O–H groups in total. The molecule has 0 saturated heterocycles. The number of nitrogens with one attached hydrogen (secondary N) is 1. The van der Waals surface area contributed by atoms with Gasteiger partial charge in [-0.15, -0.1) is 0 Å². The van der Waals surface area contributed by atoms with Gasteiger partial charge in [0.2, 0.25) is 0 Å². The predicted molar refractivity (Wildman–Crippen MR) is 59.2 cm³/mol. The van der Waals surface area contributed by atoms with E-state index in [1.54, 1.807) is 0 Å². The highest BCUT2D eigenvalue weighted by Crippen LogP contribution is 2.28. The van der Waals surface area contributed by atoms with Crippen molar-refractivity contribution in [1.29, 1.82) is 0 Å². The van der Waals surface area contributed by atoms with Crippen molar-refractivity contribution in [2.45, 2.75) is 4.90 Å². The number of urea groups is 1. The number of halogens is 1. The normalized spacial score (nSPS) is 10.9. The average molecular weight is 265 g/mol. The van der Waals surface area contributed by atoms with Crippen LogP contribution in [0.15, 0.2) is 23.1 Å². The summed E-state index contributed by atoms with van der Waals surface area (Å²) in [5.41, 5.74) is 5.06. The van der Waals surface area contributed by atoms with Gasteiger partial charge in [0.1, 0.15) is 5.75 Å². The molecular weight excluding hydrogens is 256 g/mol. The van der Waals surface area contributed by atoms with Crippen molar-refractivity contribution in [1.82, 2.24) is 0 Å². The van der Waals surface area contributed by atoms with Crippen molar-refractivity contribution in [2.24, 2.45) is 5.73 Å². The van der Waals surface area contributed by atoms with E-state index in [0.29, 0.717) is 0 Å². The zero-order valence-corrected chi connectivity index (χ0v) is 9.80. The molecule has 16 heavy (non-hydrogen) atoms. The van der Waals surface area contributed by atoms with Gasteiger partial charge in [0.05, 0.1) is 17.7 Å². The minimum Gasteiger partial charge on any atom is -0.495 e. The minimum atomic E-state index is -3.86. The smallest absolute Gasteiger partial charge is 0.316 e. The summed E-state index contributed by atoms with van der Waals surface area (Å²) in [7, 11) is 2.66. The Morgan fingerprint density at radius 2 is 2.12 bits per heavy atom. The summed E-state index contributed by atoms with van der Waals surface area (Å²) in [5, 5.41) is 2.23. The molecule has 1 aromatic rings. The molecule has 0 aliphatic heterocycles. The van der Waals surface area contributed by atoms with Gasteiger partial charge in [-0.1, -0.05) is 0 Å². The van der Waals surface area contributed by atoms with Crippen molar-refractivity contribution in [3.63, 3.8) is 0 Å². The van der Waals surface area contributed by atoms with Gasteiger partial charge in [-0.05, 0) is 18.2 Å². The molecular formula is C8H9ClN2O4S. The summed E-state index contributed by atoms with van der Waals surface area (Å²) in [6.07, 6.45) is 0. The lowest BCUT2D eigenvalue weighted by Crippen LogP contribution is -2.19. The molecule has 0 saturated carbocycles. The quantitative estimate of drug-likeness (QED) is 0.799. The molecule has 0 unspecified atom stereocenters. The van der Waals surface area contributed by atoms with Crippen LogP contribution in [-0.4, -0.2) is 21.6 Å². The van der Waals surface area contributed by atoms with Crippen LogP contribution in [0.2, 0.25) is 0 Å². The highest BCUT2D eigenvalue weighted by Gasteiger charge is 2.14. The van der Waals surface area contributed by atoms with E-state index in [2.05, 4.69) is 5.32 Å². The van der Waals surface area contributed by atoms with E-state index in [0.717, 1.165) is 6.07 Å². The zero-order valence-electron chi connectivity index (χ0n) is 8.23. The fraction of sp³-hybridized carbons (Fsp3) is 0.125. The Bertz CT molecular complexity index is 515. The maximum atomic E-state index is 11.1. The maximum absolute atomic E-state index is 11.1. The Kier molecular flexibility index (Phi) is 3.61. The molecule has 0 atom stereocenters. The van der Waals surface area contributed by atoms with Gasteiger partial charge in [0.25, 0.3) is 9.05 Å². The molecule has 0 aliphatic carbocycles. The van der Waals surface area contributed by atoms with E-state index in [-0.39, 0.29) is 16.3 Å². The van der Waals surface area contributed by atoms with Crippen LogP contribution >= 0.6 is 10.7 Å². The molecule has 88 valence electrons. The van der Waals surface area contributed by atoms with Crippen molar-refractivity contribution in [2.75, 3.05) is 12.4 Å². The maximum Gasteiger partial charge on any atom is 0.316 e. The largest absolute Gasteiger partial charge is 0.495 e. The summed E-state index contributed by atoms with van der Waals surface area (Å²) < 4.78 is 27.0. The second-order valence-electron chi connectivity index (χ2n) is 2.79. The number of nitrogens with two attached hydrogens (primary N) is 1. The van der Waals surface area contributed by atoms with Gasteiger partial charge in [-0.25, -0.2) is 13.2 Å². The Hall–Kier alpha value is -1.47. The molecule has 0 radical (unpaired) electrons. The van der Waals surface area contributed by atoms with E-state index in [9.17, 15) is 13.2 Å². The molecule has 0 aromatic heterocycles. The topological polar surface area (TPSA) is 98.5 Å². The standard InChI is InChI=1S/C8H9ClN2O4S/c1-15-7-3-2-5(16(9,13)14)4-6(7)11-8(10)12/h2-4H,1H3,(H3,10,11,12). The molecule has 2 amide bonds. The van der Waals surface area contributed by atoms with Crippen LogP contribution < -0.4 is 15.8 Å². The first-order valence-electron chi connectivity index (χ1n) is 4.03. The number of carbonyl (C=O) groups is 1. The summed E-state index contributed by atoms with van der Waals surface area (Å²) >= 11 is 0. The fourth-order valence-electron chi connectivity index (χ4n) is 1.07. The van der Waals surface area contributed by atoms with Crippen LogP contribution in [0.4, 0.5) is 10.5 Å². The number of methoxy groups -OCH3 is 1. The Balaban J connectivity index is 3.27. The highest BCUT2D eigenvalue weighted by molar-refractivity contribution is 8.13. The molecule has 1 rings (SSSR count). The van der Waals surface area contributed by atoms with Crippen molar-refractivity contribution in [3.8, 4) is 5.75 Å². The number of primary amides is 1. The van der Waals surface area contributed by atoms with E-state index >= 15 is 0 Å². The molecule has 1 aromatic carbocycles. The van der Waals surface area contributed by atoms with Crippen LogP contribution in [0.1, 0.15) is 0 Å². The second-order valence-corrected chi connectivity index (χ2v) is 5.36. The van der Waals surface area contributed by atoms with Gasteiger partial charge < -0.3 is 15.8 Å². The van der Waals surface area contributed by atoms with Crippen LogP contribution in [-0.2, 0) is 9.05 Å². The third-order valence-corrected chi connectivity index (χ3v) is 3.06. The number of hydrogen-bond acceptors (Lipinski definition) is 4. The Morgan fingerprint density at radius 3 is 2.56 bits per heavy atom. The van der Waals surface area contributed by atoms with E-state index < -0.39 is 15.1 Å². The summed E-state index contributed by atoms with van der Waals surface area (Å²) in [6, 6.07) is 2.95. The number of rotatable bonds is 3. The minimum absolute atomic E-state index is 0.136. The number of carbonyl (C=O) groups excluding carboxylic acids is 1. The lowest BCUT2D eigenvalue weighted by atomic mass is 10.3. The van der Waals surface area contributed by atoms with Crippen molar-refractivity contribution in [3.05, 3.63) is 18.2 Å².